The molecule has 2 bridgehead atoms. The smallest absolute Gasteiger partial charge is 0.281 e. The molecule has 2 aromatic rings. The van der Waals surface area contributed by atoms with Gasteiger partial charge in [0.25, 0.3) is 0 Å². The van der Waals surface area contributed by atoms with Crippen molar-refractivity contribution in [2.75, 3.05) is 6.61 Å². The van der Waals surface area contributed by atoms with Crippen LogP contribution in [0, 0.1) is 11.3 Å². The van der Waals surface area contributed by atoms with Crippen molar-refractivity contribution in [3.05, 3.63) is 71.8 Å². The van der Waals surface area contributed by atoms with Crippen LogP contribution >= 0.6 is 7.82 Å². The first kappa shape index (κ1) is 13.7. The number of hydrogen-bond acceptors (Lipinski definition) is 5. The molecule has 6 heteroatoms. The largest absolute Gasteiger partial charge is 0.480 e. The Bertz CT molecular complexity index is 750. The zero-order valence-corrected chi connectivity index (χ0v) is 12.4. The second-order valence-electron chi connectivity index (χ2n) is 5.25. The van der Waals surface area contributed by atoms with Crippen LogP contribution in [0.5, 0.6) is 0 Å². The van der Waals surface area contributed by atoms with Gasteiger partial charge in [0, 0.05) is 0 Å². The van der Waals surface area contributed by atoms with E-state index in [-0.39, 0.29) is 6.61 Å². The van der Waals surface area contributed by atoms with Crippen molar-refractivity contribution < 1.29 is 18.1 Å². The lowest BCUT2D eigenvalue weighted by atomic mass is 9.69. The first-order chi connectivity index (χ1) is 10.6. The minimum absolute atomic E-state index is 0.0401. The molecule has 2 aromatic carbocycles. The van der Waals surface area contributed by atoms with E-state index < -0.39 is 19.0 Å². The molecule has 0 unspecified atom stereocenters. The molecule has 3 fully saturated rings. The Morgan fingerprint density at radius 1 is 1.00 bits per heavy atom. The predicted molar refractivity (Wildman–Crippen MR) is 77.7 cm³/mol. The molecule has 110 valence electrons. The van der Waals surface area contributed by atoms with Crippen LogP contribution in [0.3, 0.4) is 0 Å². The maximum Gasteiger partial charge on any atom is 0.480 e. The second kappa shape index (κ2) is 4.52. The van der Waals surface area contributed by atoms with Crippen molar-refractivity contribution in [2.24, 2.45) is 0 Å². The van der Waals surface area contributed by atoms with Crippen molar-refractivity contribution in [3.63, 3.8) is 0 Å². The third-order valence-corrected chi connectivity index (χ3v) is 5.57. The van der Waals surface area contributed by atoms with E-state index in [0.717, 1.165) is 0 Å². The van der Waals surface area contributed by atoms with E-state index in [2.05, 4.69) is 6.07 Å². The summed E-state index contributed by atoms with van der Waals surface area (Å²) in [6.07, 6.45) is 0. The summed E-state index contributed by atoms with van der Waals surface area (Å²) in [7, 11) is -3.47. The predicted octanol–water partition coefficient (Wildman–Crippen LogP) is 3.38. The van der Waals surface area contributed by atoms with Crippen molar-refractivity contribution in [1.82, 2.24) is 0 Å². The fourth-order valence-electron chi connectivity index (χ4n) is 3.08. The first-order valence-electron chi connectivity index (χ1n) is 6.83. The average molecular weight is 313 g/mol. The van der Waals surface area contributed by atoms with Crippen molar-refractivity contribution in [3.8, 4) is 6.07 Å². The molecule has 0 N–H and O–H groups in total. The molecular weight excluding hydrogens is 301 g/mol. The van der Waals surface area contributed by atoms with Crippen molar-refractivity contribution >= 4 is 7.82 Å². The van der Waals surface area contributed by atoms with Gasteiger partial charge in [-0.3, -0.25) is 4.52 Å². The molecule has 0 spiro atoms. The third kappa shape index (κ3) is 1.61. The summed E-state index contributed by atoms with van der Waals surface area (Å²) < 4.78 is 28.0. The van der Waals surface area contributed by atoms with E-state index in [1.165, 1.54) is 0 Å². The van der Waals surface area contributed by atoms with E-state index in [4.69, 9.17) is 13.6 Å². The van der Waals surface area contributed by atoms with Crippen molar-refractivity contribution in [1.29, 1.82) is 5.26 Å². The van der Waals surface area contributed by atoms with E-state index in [0.29, 0.717) is 11.1 Å². The van der Waals surface area contributed by atoms with Gasteiger partial charge in [0.15, 0.2) is 5.41 Å². The normalized spacial score (nSPS) is 29.6. The van der Waals surface area contributed by atoms with Crippen LogP contribution in [-0.2, 0) is 23.6 Å². The minimum atomic E-state index is -3.47. The summed E-state index contributed by atoms with van der Waals surface area (Å²) in [4.78, 5) is 0. The number of nitriles is 1. The number of hydrogen-bond donors (Lipinski definition) is 0. The van der Waals surface area contributed by atoms with Crippen LogP contribution in [-0.4, -0.2) is 12.4 Å². The second-order valence-corrected chi connectivity index (χ2v) is 6.77. The number of phosphoric acid groups is 1. The van der Waals surface area contributed by atoms with E-state index in [1.807, 2.05) is 60.7 Å². The van der Waals surface area contributed by atoms with Gasteiger partial charge >= 0.3 is 7.82 Å². The molecule has 5 nitrogen and oxygen atoms in total. The summed E-state index contributed by atoms with van der Waals surface area (Å²) in [6, 6.07) is 20.8. The van der Waals surface area contributed by atoms with Crippen LogP contribution in [0.2, 0.25) is 0 Å². The maximum absolute atomic E-state index is 11.9. The Morgan fingerprint density at radius 2 is 1.50 bits per heavy atom. The lowest BCUT2D eigenvalue weighted by Gasteiger charge is -2.45. The van der Waals surface area contributed by atoms with Gasteiger partial charge in [-0.25, -0.2) is 13.6 Å². The van der Waals surface area contributed by atoms with Crippen LogP contribution in [0.15, 0.2) is 60.7 Å². The highest BCUT2D eigenvalue weighted by Gasteiger charge is 2.75. The Morgan fingerprint density at radius 3 is 1.86 bits per heavy atom. The molecule has 0 saturated carbocycles. The van der Waals surface area contributed by atoms with Gasteiger partial charge in [-0.15, -0.1) is 0 Å². The molecule has 3 aliphatic rings. The third-order valence-electron chi connectivity index (χ3n) is 4.08. The van der Waals surface area contributed by atoms with Crippen LogP contribution in [0.4, 0.5) is 0 Å². The molecular formula is C16H12NO4P. The summed E-state index contributed by atoms with van der Waals surface area (Å²) in [5, 5.41) is 10.1. The highest BCUT2D eigenvalue weighted by molar-refractivity contribution is 7.50. The molecule has 3 saturated heterocycles. The topological polar surface area (TPSA) is 68.5 Å². The number of nitrogens with zero attached hydrogens (tertiary/aromatic N) is 1. The molecule has 5 rings (SSSR count). The van der Waals surface area contributed by atoms with Gasteiger partial charge in [0.05, 0.1) is 6.07 Å². The standard InChI is InChI=1S/C16H12NO4P/c17-11-15(13-7-3-1-4-8-13,14-9-5-2-6-10-14)16-12-19-22(18,20-16)21-16/h1-10H,12H2. The minimum Gasteiger partial charge on any atom is -0.281 e. The number of benzene rings is 2. The SMILES string of the molecule is N#CC(c1ccccc1)(c1ccccc1)C12COP(=O)(O1)O2. The van der Waals surface area contributed by atoms with E-state index in [1.54, 1.807) is 0 Å². The van der Waals surface area contributed by atoms with Crippen LogP contribution < -0.4 is 0 Å². The van der Waals surface area contributed by atoms with Gasteiger partial charge in [-0.05, 0) is 11.1 Å². The quantitative estimate of drug-likeness (QED) is 0.813. The Labute approximate surface area is 127 Å². The molecule has 3 heterocycles. The van der Waals surface area contributed by atoms with E-state index in [9.17, 15) is 9.83 Å². The van der Waals surface area contributed by atoms with Gasteiger partial charge in [0.1, 0.15) is 6.61 Å². The molecule has 0 amide bonds. The summed E-state index contributed by atoms with van der Waals surface area (Å²) in [5.74, 6) is -1.38. The van der Waals surface area contributed by atoms with E-state index >= 15 is 0 Å². The molecule has 0 atom stereocenters. The number of fused-ring (bicyclic) bond motifs is 1. The highest BCUT2D eigenvalue weighted by atomic mass is 31.2. The lowest BCUT2D eigenvalue weighted by molar-refractivity contribution is -0.191. The Balaban J connectivity index is 1.97. The Kier molecular flexibility index (Phi) is 2.81. The van der Waals surface area contributed by atoms with Crippen LogP contribution in [0.25, 0.3) is 0 Å². The first-order valence-corrected chi connectivity index (χ1v) is 8.29. The lowest BCUT2D eigenvalue weighted by Crippen LogP contribution is -2.57. The van der Waals surface area contributed by atoms with Gasteiger partial charge in [-0.1, -0.05) is 60.7 Å². The number of phosphoric ester groups is 1. The number of rotatable bonds is 3. The zero-order valence-electron chi connectivity index (χ0n) is 11.5. The summed E-state index contributed by atoms with van der Waals surface area (Å²) in [6.45, 7) is -0.0401. The fourth-order valence-corrected chi connectivity index (χ4v) is 4.63. The van der Waals surface area contributed by atoms with Gasteiger partial charge in [-0.2, -0.15) is 5.26 Å². The molecule has 0 radical (unpaired) electrons. The highest BCUT2D eigenvalue weighted by Crippen LogP contribution is 2.76. The molecule has 3 aliphatic heterocycles. The van der Waals surface area contributed by atoms with Crippen molar-refractivity contribution in [2.45, 2.75) is 11.2 Å². The summed E-state index contributed by atoms with van der Waals surface area (Å²) >= 11 is 0. The fraction of sp³-hybridized carbons (Fsp3) is 0.188. The Hall–Kier alpha value is -1.96. The maximum atomic E-state index is 11.9. The molecule has 0 aromatic heterocycles. The average Bonchev–Trinajstić information content (AvgIpc) is 3.05. The molecule has 22 heavy (non-hydrogen) atoms. The summed E-state index contributed by atoms with van der Waals surface area (Å²) in [5.41, 5.74) is 0.167. The zero-order chi connectivity index (χ0) is 15.3. The van der Waals surface area contributed by atoms with Gasteiger partial charge in [0.2, 0.25) is 5.79 Å². The van der Waals surface area contributed by atoms with Crippen LogP contribution in [0.1, 0.15) is 11.1 Å². The monoisotopic (exact) mass is 313 g/mol. The van der Waals surface area contributed by atoms with Gasteiger partial charge < -0.3 is 0 Å². The molecule has 0 aliphatic carbocycles.